The summed E-state index contributed by atoms with van der Waals surface area (Å²) >= 11 is 0. The fraction of sp³-hybridized carbons (Fsp3) is 0.625. The van der Waals surface area contributed by atoms with Crippen LogP contribution in [0.15, 0.2) is 30.3 Å². The SMILES string of the molecule is C[C@@H]1[C@H](c2ccccc2)O[C@H]([C@@H]2CCCOC2)N1C. The van der Waals surface area contributed by atoms with Crippen LogP contribution in [0.4, 0.5) is 0 Å². The molecule has 0 radical (unpaired) electrons. The third-order valence-corrected chi connectivity index (χ3v) is 4.49. The van der Waals surface area contributed by atoms with Crippen LogP contribution in [0.25, 0.3) is 0 Å². The van der Waals surface area contributed by atoms with Crippen molar-refractivity contribution < 1.29 is 9.47 Å². The van der Waals surface area contributed by atoms with E-state index in [-0.39, 0.29) is 12.3 Å². The van der Waals surface area contributed by atoms with Gasteiger partial charge < -0.3 is 9.47 Å². The molecule has 3 nitrogen and oxygen atoms in total. The lowest BCUT2D eigenvalue weighted by molar-refractivity contribution is -0.0790. The first-order valence-corrected chi connectivity index (χ1v) is 7.27. The Bertz CT molecular complexity index is 402. The van der Waals surface area contributed by atoms with Gasteiger partial charge in [-0.25, -0.2) is 0 Å². The van der Waals surface area contributed by atoms with Crippen LogP contribution < -0.4 is 0 Å². The second kappa shape index (κ2) is 5.61. The molecule has 0 aromatic heterocycles. The third kappa shape index (κ3) is 2.55. The van der Waals surface area contributed by atoms with Crippen LogP contribution in [0, 0.1) is 5.92 Å². The standard InChI is InChI=1S/C16H23NO2/c1-12-15(13-7-4-3-5-8-13)19-16(17(12)2)14-9-6-10-18-11-14/h3-5,7-8,12,14-16H,6,9-11H2,1-2H3/t12-,14-,15-,16-/m1/s1. The highest BCUT2D eigenvalue weighted by molar-refractivity contribution is 5.20. The van der Waals surface area contributed by atoms with Crippen LogP contribution in [0.5, 0.6) is 0 Å². The summed E-state index contributed by atoms with van der Waals surface area (Å²) in [5.74, 6) is 0.509. The van der Waals surface area contributed by atoms with E-state index in [9.17, 15) is 0 Å². The highest BCUT2D eigenvalue weighted by Gasteiger charge is 2.42. The van der Waals surface area contributed by atoms with Crippen molar-refractivity contribution in [2.24, 2.45) is 5.92 Å². The molecule has 2 aliphatic rings. The molecule has 2 fully saturated rings. The van der Waals surface area contributed by atoms with Crippen molar-refractivity contribution in [1.82, 2.24) is 4.90 Å². The molecule has 2 aliphatic heterocycles. The number of hydrogen-bond donors (Lipinski definition) is 0. The fourth-order valence-corrected chi connectivity index (χ4v) is 3.24. The van der Waals surface area contributed by atoms with Crippen molar-refractivity contribution in [2.75, 3.05) is 20.3 Å². The van der Waals surface area contributed by atoms with Crippen LogP contribution in [-0.4, -0.2) is 37.4 Å². The first-order valence-electron chi connectivity index (χ1n) is 7.27. The van der Waals surface area contributed by atoms with Gasteiger partial charge in [-0.15, -0.1) is 0 Å². The van der Waals surface area contributed by atoms with Crippen molar-refractivity contribution in [3.8, 4) is 0 Å². The zero-order valence-electron chi connectivity index (χ0n) is 11.8. The number of nitrogens with zero attached hydrogens (tertiary/aromatic N) is 1. The fourth-order valence-electron chi connectivity index (χ4n) is 3.24. The average molecular weight is 261 g/mol. The van der Waals surface area contributed by atoms with E-state index >= 15 is 0 Å². The number of hydrogen-bond acceptors (Lipinski definition) is 3. The van der Waals surface area contributed by atoms with E-state index in [1.54, 1.807) is 0 Å². The maximum atomic E-state index is 6.36. The van der Waals surface area contributed by atoms with E-state index in [0.717, 1.165) is 19.6 Å². The Morgan fingerprint density at radius 3 is 2.68 bits per heavy atom. The number of likely N-dealkylation sites (N-methyl/N-ethyl adjacent to an activating group) is 1. The molecule has 0 N–H and O–H groups in total. The summed E-state index contributed by atoms with van der Waals surface area (Å²) in [7, 11) is 2.17. The molecule has 0 saturated carbocycles. The molecule has 2 heterocycles. The van der Waals surface area contributed by atoms with Gasteiger partial charge >= 0.3 is 0 Å². The summed E-state index contributed by atoms with van der Waals surface area (Å²) in [6.07, 6.45) is 2.74. The average Bonchev–Trinajstić information content (AvgIpc) is 2.77. The predicted octanol–water partition coefficient (Wildman–Crippen LogP) is 2.83. The lowest BCUT2D eigenvalue weighted by atomic mass is 9.99. The van der Waals surface area contributed by atoms with Crippen LogP contribution >= 0.6 is 0 Å². The molecule has 2 saturated heterocycles. The number of rotatable bonds is 2. The van der Waals surface area contributed by atoms with Crippen LogP contribution in [0.2, 0.25) is 0 Å². The molecule has 4 atom stereocenters. The van der Waals surface area contributed by atoms with E-state index in [2.05, 4.69) is 49.2 Å². The van der Waals surface area contributed by atoms with Gasteiger partial charge in [-0.1, -0.05) is 30.3 Å². The van der Waals surface area contributed by atoms with Crippen molar-refractivity contribution in [1.29, 1.82) is 0 Å². The summed E-state index contributed by atoms with van der Waals surface area (Å²) in [5, 5.41) is 0. The Hall–Kier alpha value is -0.900. The van der Waals surface area contributed by atoms with Gasteiger partial charge in [-0.05, 0) is 32.4 Å². The van der Waals surface area contributed by atoms with Crippen molar-refractivity contribution >= 4 is 0 Å². The smallest absolute Gasteiger partial charge is 0.116 e. The van der Waals surface area contributed by atoms with Crippen molar-refractivity contribution in [3.05, 3.63) is 35.9 Å². The second-order valence-corrected chi connectivity index (χ2v) is 5.74. The number of ether oxygens (including phenoxy) is 2. The van der Waals surface area contributed by atoms with E-state index in [0.29, 0.717) is 12.0 Å². The molecule has 1 aromatic rings. The van der Waals surface area contributed by atoms with Gasteiger partial charge in [0.2, 0.25) is 0 Å². The Labute approximate surface area is 115 Å². The minimum Gasteiger partial charge on any atom is -0.381 e. The van der Waals surface area contributed by atoms with E-state index in [4.69, 9.17) is 9.47 Å². The predicted molar refractivity (Wildman–Crippen MR) is 74.8 cm³/mol. The van der Waals surface area contributed by atoms with Gasteiger partial charge in [0.1, 0.15) is 6.23 Å². The zero-order chi connectivity index (χ0) is 13.2. The largest absolute Gasteiger partial charge is 0.381 e. The lowest BCUT2D eigenvalue weighted by Crippen LogP contribution is -2.40. The summed E-state index contributed by atoms with van der Waals surface area (Å²) in [6.45, 7) is 4.00. The maximum absolute atomic E-state index is 6.36. The zero-order valence-corrected chi connectivity index (χ0v) is 11.8. The minimum absolute atomic E-state index is 0.179. The van der Waals surface area contributed by atoms with Gasteiger partial charge in [-0.2, -0.15) is 0 Å². The molecule has 104 valence electrons. The van der Waals surface area contributed by atoms with Gasteiger partial charge in [0.05, 0.1) is 12.7 Å². The molecule has 0 amide bonds. The number of benzene rings is 1. The highest BCUT2D eigenvalue weighted by atomic mass is 16.5. The highest BCUT2D eigenvalue weighted by Crippen LogP contribution is 2.38. The molecule has 3 heteroatoms. The molecular weight excluding hydrogens is 238 g/mol. The van der Waals surface area contributed by atoms with Crippen LogP contribution in [0.1, 0.15) is 31.4 Å². The molecule has 19 heavy (non-hydrogen) atoms. The summed E-state index contributed by atoms with van der Waals surface area (Å²) < 4.78 is 12.0. The molecular formula is C16H23NO2. The van der Waals surface area contributed by atoms with Crippen LogP contribution in [0.3, 0.4) is 0 Å². The lowest BCUT2D eigenvalue weighted by Gasteiger charge is -2.31. The monoisotopic (exact) mass is 261 g/mol. The third-order valence-electron chi connectivity index (χ3n) is 4.49. The quantitative estimate of drug-likeness (QED) is 0.817. The first-order chi connectivity index (χ1) is 9.27. The van der Waals surface area contributed by atoms with E-state index < -0.39 is 0 Å². The molecule has 0 aliphatic carbocycles. The summed E-state index contributed by atoms with van der Waals surface area (Å²) in [6, 6.07) is 11.0. The molecule has 0 unspecified atom stereocenters. The Morgan fingerprint density at radius 2 is 2.00 bits per heavy atom. The normalized spacial score (nSPS) is 36.5. The molecule has 3 rings (SSSR count). The Kier molecular flexibility index (Phi) is 3.87. The molecule has 0 spiro atoms. The maximum Gasteiger partial charge on any atom is 0.116 e. The van der Waals surface area contributed by atoms with Gasteiger partial charge in [0.15, 0.2) is 0 Å². The van der Waals surface area contributed by atoms with E-state index in [1.807, 2.05) is 0 Å². The van der Waals surface area contributed by atoms with Crippen LogP contribution in [-0.2, 0) is 9.47 Å². The molecule has 1 aromatic carbocycles. The van der Waals surface area contributed by atoms with Gasteiger partial charge in [0.25, 0.3) is 0 Å². The topological polar surface area (TPSA) is 21.7 Å². The Morgan fingerprint density at radius 1 is 1.21 bits per heavy atom. The van der Waals surface area contributed by atoms with Crippen molar-refractivity contribution in [3.63, 3.8) is 0 Å². The minimum atomic E-state index is 0.179. The first kappa shape index (κ1) is 13.1. The van der Waals surface area contributed by atoms with Gasteiger partial charge in [-0.3, -0.25) is 4.90 Å². The second-order valence-electron chi connectivity index (χ2n) is 5.74. The molecule has 0 bridgehead atoms. The van der Waals surface area contributed by atoms with Crippen molar-refractivity contribution in [2.45, 2.75) is 38.1 Å². The Balaban J connectivity index is 1.75. The van der Waals surface area contributed by atoms with E-state index in [1.165, 1.54) is 12.0 Å². The van der Waals surface area contributed by atoms with Gasteiger partial charge in [0, 0.05) is 18.6 Å². The summed E-state index contributed by atoms with van der Waals surface area (Å²) in [5.41, 5.74) is 1.28. The summed E-state index contributed by atoms with van der Waals surface area (Å²) in [4.78, 5) is 2.37.